The minimum Gasteiger partial charge on any atom is -0.463 e. The Kier molecular flexibility index (Phi) is 4.29. The summed E-state index contributed by atoms with van der Waals surface area (Å²) >= 11 is 5.95. The van der Waals surface area contributed by atoms with E-state index in [9.17, 15) is 4.79 Å². The molecule has 0 aliphatic heterocycles. The number of hydrogen-bond donors (Lipinski definition) is 2. The molecular weight excluding hydrogens is 282 g/mol. The number of anilines is 1. The Morgan fingerprint density at radius 2 is 2.35 bits per heavy atom. The standard InChI is InChI=1S/C12H16ClN5O2/c1-4-20-12-15-11(16-17-12)14-10(19)9-5-8(13)6-18(9)7(2)3/h5-7H,4H2,1-3H3,(H2,14,15,16,17,19). The fourth-order valence-electron chi connectivity index (χ4n) is 1.72. The lowest BCUT2D eigenvalue weighted by Gasteiger charge is -2.11. The molecule has 1 amide bonds. The second-order valence-corrected chi connectivity index (χ2v) is 4.83. The van der Waals surface area contributed by atoms with Gasteiger partial charge in [-0.1, -0.05) is 11.6 Å². The first-order chi connectivity index (χ1) is 9.51. The molecule has 2 aromatic rings. The highest BCUT2D eigenvalue weighted by Crippen LogP contribution is 2.19. The van der Waals surface area contributed by atoms with Crippen molar-refractivity contribution in [3.63, 3.8) is 0 Å². The molecule has 0 fully saturated rings. The molecule has 0 aliphatic carbocycles. The summed E-state index contributed by atoms with van der Waals surface area (Å²) in [6.07, 6.45) is 1.72. The average molecular weight is 298 g/mol. The van der Waals surface area contributed by atoms with Crippen LogP contribution in [-0.4, -0.2) is 32.3 Å². The fraction of sp³-hybridized carbons (Fsp3) is 0.417. The van der Waals surface area contributed by atoms with Gasteiger partial charge in [0.25, 0.3) is 5.91 Å². The van der Waals surface area contributed by atoms with E-state index in [4.69, 9.17) is 16.3 Å². The molecule has 0 unspecified atom stereocenters. The van der Waals surface area contributed by atoms with E-state index >= 15 is 0 Å². The minimum absolute atomic E-state index is 0.122. The van der Waals surface area contributed by atoms with Gasteiger partial charge in [-0.3, -0.25) is 10.1 Å². The molecule has 108 valence electrons. The maximum Gasteiger partial charge on any atom is 0.337 e. The predicted octanol–water partition coefficient (Wildman–Crippen LogP) is 2.49. The molecule has 0 aliphatic rings. The highest BCUT2D eigenvalue weighted by molar-refractivity contribution is 6.31. The van der Waals surface area contributed by atoms with Crippen molar-refractivity contribution in [2.24, 2.45) is 0 Å². The number of carbonyl (C=O) groups excluding carboxylic acids is 1. The van der Waals surface area contributed by atoms with E-state index in [1.54, 1.807) is 16.8 Å². The molecular formula is C12H16ClN5O2. The molecule has 0 saturated heterocycles. The molecule has 20 heavy (non-hydrogen) atoms. The first-order valence-corrected chi connectivity index (χ1v) is 6.63. The van der Waals surface area contributed by atoms with Crippen LogP contribution < -0.4 is 10.1 Å². The first-order valence-electron chi connectivity index (χ1n) is 6.25. The summed E-state index contributed by atoms with van der Waals surface area (Å²) < 4.78 is 6.90. The Balaban J connectivity index is 2.15. The number of aromatic nitrogens is 4. The van der Waals surface area contributed by atoms with E-state index in [0.717, 1.165) is 0 Å². The summed E-state index contributed by atoms with van der Waals surface area (Å²) in [5, 5.41) is 9.52. The van der Waals surface area contributed by atoms with Gasteiger partial charge in [-0.25, -0.2) is 5.10 Å². The minimum atomic E-state index is -0.315. The summed E-state index contributed by atoms with van der Waals surface area (Å²) in [6.45, 7) is 6.21. The van der Waals surface area contributed by atoms with Crippen LogP contribution in [-0.2, 0) is 0 Å². The van der Waals surface area contributed by atoms with E-state index in [1.807, 2.05) is 20.8 Å². The summed E-state index contributed by atoms with van der Waals surface area (Å²) in [5.41, 5.74) is 0.458. The molecule has 0 atom stereocenters. The van der Waals surface area contributed by atoms with Crippen LogP contribution in [0.25, 0.3) is 0 Å². The van der Waals surface area contributed by atoms with E-state index in [0.29, 0.717) is 17.3 Å². The molecule has 0 bridgehead atoms. The summed E-state index contributed by atoms with van der Waals surface area (Å²) in [4.78, 5) is 16.2. The molecule has 2 N–H and O–H groups in total. The number of rotatable bonds is 5. The Morgan fingerprint density at radius 3 is 3.00 bits per heavy atom. The maximum atomic E-state index is 12.2. The number of halogens is 1. The largest absolute Gasteiger partial charge is 0.463 e. The van der Waals surface area contributed by atoms with E-state index in [2.05, 4.69) is 20.5 Å². The fourth-order valence-corrected chi connectivity index (χ4v) is 1.93. The van der Waals surface area contributed by atoms with Crippen LogP contribution in [0.15, 0.2) is 12.3 Å². The molecule has 2 rings (SSSR count). The molecule has 2 heterocycles. The third-order valence-corrected chi connectivity index (χ3v) is 2.78. The highest BCUT2D eigenvalue weighted by Gasteiger charge is 2.16. The van der Waals surface area contributed by atoms with Gasteiger partial charge in [-0.05, 0) is 26.8 Å². The van der Waals surface area contributed by atoms with Gasteiger partial charge in [0, 0.05) is 12.2 Å². The molecule has 7 nitrogen and oxygen atoms in total. The summed E-state index contributed by atoms with van der Waals surface area (Å²) in [6, 6.07) is 1.92. The second kappa shape index (κ2) is 5.96. The van der Waals surface area contributed by atoms with Crippen LogP contribution >= 0.6 is 11.6 Å². The van der Waals surface area contributed by atoms with Crippen molar-refractivity contribution >= 4 is 23.5 Å². The Hall–Kier alpha value is -2.02. The zero-order valence-electron chi connectivity index (χ0n) is 11.5. The number of nitrogens with zero attached hydrogens (tertiary/aromatic N) is 3. The molecule has 2 aromatic heterocycles. The van der Waals surface area contributed by atoms with Crippen molar-refractivity contribution < 1.29 is 9.53 Å². The number of aromatic amines is 1. The van der Waals surface area contributed by atoms with Crippen LogP contribution in [0, 0.1) is 0 Å². The predicted molar refractivity (Wildman–Crippen MR) is 75.3 cm³/mol. The van der Waals surface area contributed by atoms with Crippen molar-refractivity contribution in [1.29, 1.82) is 0 Å². The lowest BCUT2D eigenvalue weighted by Crippen LogP contribution is -2.18. The quantitative estimate of drug-likeness (QED) is 0.888. The normalized spacial score (nSPS) is 10.8. The SMILES string of the molecule is CCOc1n[nH]c(NC(=O)c2cc(Cl)cn2C(C)C)n1. The molecule has 0 radical (unpaired) electrons. The van der Waals surface area contributed by atoms with Crippen LogP contribution in [0.5, 0.6) is 6.01 Å². The van der Waals surface area contributed by atoms with Gasteiger partial charge < -0.3 is 9.30 Å². The van der Waals surface area contributed by atoms with E-state index in [1.165, 1.54) is 0 Å². The lowest BCUT2D eigenvalue weighted by molar-refractivity contribution is 0.101. The highest BCUT2D eigenvalue weighted by atomic mass is 35.5. The van der Waals surface area contributed by atoms with Gasteiger partial charge in [-0.15, -0.1) is 5.10 Å². The third-order valence-electron chi connectivity index (χ3n) is 2.57. The Morgan fingerprint density at radius 1 is 1.60 bits per heavy atom. The van der Waals surface area contributed by atoms with E-state index in [-0.39, 0.29) is 23.9 Å². The van der Waals surface area contributed by atoms with Crippen LogP contribution in [0.4, 0.5) is 5.95 Å². The Labute approximate surface area is 121 Å². The van der Waals surface area contributed by atoms with Gasteiger partial charge in [0.1, 0.15) is 5.69 Å². The smallest absolute Gasteiger partial charge is 0.337 e. The van der Waals surface area contributed by atoms with Gasteiger partial charge in [0.05, 0.1) is 11.6 Å². The molecule has 8 heteroatoms. The maximum absolute atomic E-state index is 12.2. The van der Waals surface area contributed by atoms with Crippen LogP contribution in [0.2, 0.25) is 5.02 Å². The topological polar surface area (TPSA) is 84.8 Å². The number of H-pyrrole nitrogens is 1. The molecule has 0 aromatic carbocycles. The number of hydrogen-bond acceptors (Lipinski definition) is 4. The van der Waals surface area contributed by atoms with Gasteiger partial charge in [-0.2, -0.15) is 4.98 Å². The van der Waals surface area contributed by atoms with Crippen molar-refractivity contribution in [2.45, 2.75) is 26.8 Å². The number of amides is 1. The third kappa shape index (κ3) is 3.11. The van der Waals surface area contributed by atoms with Crippen molar-refractivity contribution in [1.82, 2.24) is 19.7 Å². The number of carbonyl (C=O) groups is 1. The van der Waals surface area contributed by atoms with Crippen molar-refractivity contribution in [2.75, 3.05) is 11.9 Å². The first kappa shape index (κ1) is 14.4. The average Bonchev–Trinajstić information content (AvgIpc) is 2.96. The summed E-state index contributed by atoms with van der Waals surface area (Å²) in [7, 11) is 0. The van der Waals surface area contributed by atoms with Crippen molar-refractivity contribution in [3.05, 3.63) is 23.0 Å². The molecule has 0 saturated carbocycles. The van der Waals surface area contributed by atoms with Crippen LogP contribution in [0.1, 0.15) is 37.3 Å². The zero-order chi connectivity index (χ0) is 14.7. The number of nitrogens with one attached hydrogen (secondary N) is 2. The van der Waals surface area contributed by atoms with E-state index < -0.39 is 0 Å². The summed E-state index contributed by atoms with van der Waals surface area (Å²) in [5.74, 6) is -0.0872. The van der Waals surface area contributed by atoms with Crippen LogP contribution in [0.3, 0.4) is 0 Å². The Bertz CT molecular complexity index is 605. The lowest BCUT2D eigenvalue weighted by atomic mass is 10.3. The van der Waals surface area contributed by atoms with Gasteiger partial charge in [0.15, 0.2) is 0 Å². The van der Waals surface area contributed by atoms with Gasteiger partial charge in [0.2, 0.25) is 5.95 Å². The molecule has 0 spiro atoms. The number of ether oxygens (including phenoxy) is 1. The van der Waals surface area contributed by atoms with Gasteiger partial charge >= 0.3 is 6.01 Å². The zero-order valence-corrected chi connectivity index (χ0v) is 12.2. The second-order valence-electron chi connectivity index (χ2n) is 4.40. The van der Waals surface area contributed by atoms with Crippen molar-refractivity contribution in [3.8, 4) is 6.01 Å². The monoisotopic (exact) mass is 297 g/mol.